The molecule has 18 heavy (non-hydrogen) atoms. The molecule has 1 fully saturated rings. The van der Waals surface area contributed by atoms with Crippen molar-refractivity contribution in [2.45, 2.75) is 24.7 Å². The van der Waals surface area contributed by atoms with Crippen molar-refractivity contribution in [2.75, 3.05) is 13.6 Å². The molecule has 1 aliphatic rings. The average molecular weight is 243 g/mol. The summed E-state index contributed by atoms with van der Waals surface area (Å²) in [5, 5.41) is 11.4. The summed E-state index contributed by atoms with van der Waals surface area (Å²) < 4.78 is 5.81. The molecule has 0 saturated heterocycles. The van der Waals surface area contributed by atoms with E-state index < -0.39 is 0 Å². The molecule has 0 bridgehead atoms. The zero-order chi connectivity index (χ0) is 12.4. The number of likely N-dealkylation sites (N-methyl/N-ethyl adjacent to an activating group) is 1. The van der Waals surface area contributed by atoms with Crippen molar-refractivity contribution in [3.8, 4) is 0 Å². The quantitative estimate of drug-likeness (QED) is 0.871. The lowest BCUT2D eigenvalue weighted by atomic mass is 9.96. The minimum atomic E-state index is -0.00778. The van der Waals surface area contributed by atoms with Gasteiger partial charge in [0.2, 0.25) is 11.8 Å². The molecule has 0 atom stereocenters. The molecule has 1 aromatic heterocycles. The third kappa shape index (κ3) is 1.93. The van der Waals surface area contributed by atoms with Gasteiger partial charge in [-0.05, 0) is 25.5 Å². The highest BCUT2D eigenvalue weighted by Crippen LogP contribution is 2.52. The van der Waals surface area contributed by atoms with Gasteiger partial charge in [0.1, 0.15) is 0 Å². The smallest absolute Gasteiger partial charge is 0.227 e. The maximum Gasteiger partial charge on any atom is 0.227 e. The van der Waals surface area contributed by atoms with Crippen LogP contribution >= 0.6 is 0 Å². The summed E-state index contributed by atoms with van der Waals surface area (Å²) in [5.41, 5.74) is 1.28. The fourth-order valence-electron chi connectivity index (χ4n) is 2.29. The maximum absolute atomic E-state index is 5.81. The van der Waals surface area contributed by atoms with E-state index in [1.807, 2.05) is 13.1 Å². The van der Waals surface area contributed by atoms with Crippen molar-refractivity contribution in [3.05, 3.63) is 47.7 Å². The normalized spacial score (nSPS) is 16.7. The van der Waals surface area contributed by atoms with Gasteiger partial charge in [0.15, 0.2) is 0 Å². The molecular formula is C14H17N3O. The van der Waals surface area contributed by atoms with Crippen LogP contribution in [0, 0.1) is 0 Å². The van der Waals surface area contributed by atoms with Crippen LogP contribution in [0.15, 0.2) is 34.7 Å². The largest absolute Gasteiger partial charge is 0.424 e. The lowest BCUT2D eigenvalue weighted by Gasteiger charge is -2.10. The summed E-state index contributed by atoms with van der Waals surface area (Å²) in [7, 11) is 1.92. The number of nitrogens with zero attached hydrogens (tertiary/aromatic N) is 2. The number of hydrogen-bond donors (Lipinski definition) is 1. The SMILES string of the molecule is CNCCc1nnc(C2(c3ccccc3)CC2)o1. The Balaban J connectivity index is 1.84. The second kappa shape index (κ2) is 4.53. The summed E-state index contributed by atoms with van der Waals surface area (Å²) in [5.74, 6) is 1.50. The number of hydrogen-bond acceptors (Lipinski definition) is 4. The molecule has 4 nitrogen and oxygen atoms in total. The summed E-state index contributed by atoms with van der Waals surface area (Å²) in [6.45, 7) is 0.861. The molecule has 94 valence electrons. The lowest BCUT2D eigenvalue weighted by molar-refractivity contribution is 0.423. The second-order valence-corrected chi connectivity index (χ2v) is 4.80. The van der Waals surface area contributed by atoms with Crippen molar-refractivity contribution in [3.63, 3.8) is 0 Å². The lowest BCUT2D eigenvalue weighted by Crippen LogP contribution is -2.10. The van der Waals surface area contributed by atoms with Crippen molar-refractivity contribution in [1.82, 2.24) is 15.5 Å². The molecule has 3 rings (SSSR count). The molecule has 1 aliphatic carbocycles. The van der Waals surface area contributed by atoms with E-state index in [1.165, 1.54) is 5.56 Å². The highest BCUT2D eigenvalue weighted by Gasteiger charge is 2.50. The molecule has 0 amide bonds. The van der Waals surface area contributed by atoms with Crippen molar-refractivity contribution in [2.24, 2.45) is 0 Å². The van der Waals surface area contributed by atoms with Gasteiger partial charge in [-0.2, -0.15) is 0 Å². The Hall–Kier alpha value is -1.68. The van der Waals surface area contributed by atoms with Crippen LogP contribution in [0.1, 0.15) is 30.2 Å². The van der Waals surface area contributed by atoms with E-state index in [4.69, 9.17) is 4.42 Å². The molecule has 1 saturated carbocycles. The van der Waals surface area contributed by atoms with Gasteiger partial charge in [0.05, 0.1) is 5.41 Å². The fraction of sp³-hybridized carbons (Fsp3) is 0.429. The Labute approximate surface area is 106 Å². The number of aromatic nitrogens is 2. The summed E-state index contributed by atoms with van der Waals surface area (Å²) in [6.07, 6.45) is 2.99. The fourth-order valence-corrected chi connectivity index (χ4v) is 2.29. The van der Waals surface area contributed by atoms with Crippen LogP contribution in [-0.2, 0) is 11.8 Å². The van der Waals surface area contributed by atoms with E-state index in [0.717, 1.165) is 37.6 Å². The van der Waals surface area contributed by atoms with E-state index in [-0.39, 0.29) is 5.41 Å². The van der Waals surface area contributed by atoms with Gasteiger partial charge in [0, 0.05) is 13.0 Å². The standard InChI is InChI=1S/C14H17N3O/c1-15-10-7-12-16-17-13(18-12)14(8-9-14)11-5-3-2-4-6-11/h2-6,15H,7-10H2,1H3. The van der Waals surface area contributed by atoms with Gasteiger partial charge in [-0.25, -0.2) is 0 Å². The first-order chi connectivity index (χ1) is 8.85. The summed E-state index contributed by atoms with van der Waals surface area (Å²) in [6, 6.07) is 10.4. The molecule has 1 aromatic carbocycles. The van der Waals surface area contributed by atoms with Crippen LogP contribution in [0.2, 0.25) is 0 Å². The van der Waals surface area contributed by atoms with Crippen LogP contribution in [0.5, 0.6) is 0 Å². The first kappa shape index (κ1) is 11.4. The highest BCUT2D eigenvalue weighted by molar-refractivity contribution is 5.37. The third-order valence-corrected chi connectivity index (χ3v) is 3.54. The van der Waals surface area contributed by atoms with Gasteiger partial charge in [-0.15, -0.1) is 10.2 Å². The van der Waals surface area contributed by atoms with Gasteiger partial charge in [-0.3, -0.25) is 0 Å². The van der Waals surface area contributed by atoms with Gasteiger partial charge < -0.3 is 9.73 Å². The number of benzene rings is 1. The maximum atomic E-state index is 5.81. The Morgan fingerprint density at radius 1 is 1.22 bits per heavy atom. The first-order valence-electron chi connectivity index (χ1n) is 6.38. The third-order valence-electron chi connectivity index (χ3n) is 3.54. The average Bonchev–Trinajstić information content (AvgIpc) is 3.10. The number of rotatable bonds is 5. The predicted molar refractivity (Wildman–Crippen MR) is 68.4 cm³/mol. The van der Waals surface area contributed by atoms with E-state index in [9.17, 15) is 0 Å². The van der Waals surface area contributed by atoms with E-state index in [1.54, 1.807) is 0 Å². The molecule has 4 heteroatoms. The molecule has 0 radical (unpaired) electrons. The summed E-state index contributed by atoms with van der Waals surface area (Å²) in [4.78, 5) is 0. The molecule has 1 N–H and O–H groups in total. The molecular weight excluding hydrogens is 226 g/mol. The second-order valence-electron chi connectivity index (χ2n) is 4.80. The van der Waals surface area contributed by atoms with Crippen molar-refractivity contribution < 1.29 is 4.42 Å². The minimum absolute atomic E-state index is 0.00778. The Morgan fingerprint density at radius 2 is 2.00 bits per heavy atom. The van der Waals surface area contributed by atoms with Crippen LogP contribution < -0.4 is 5.32 Å². The van der Waals surface area contributed by atoms with E-state index in [0.29, 0.717) is 0 Å². The number of nitrogens with one attached hydrogen (secondary N) is 1. The Kier molecular flexibility index (Phi) is 2.88. The summed E-state index contributed by atoms with van der Waals surface area (Å²) >= 11 is 0. The van der Waals surface area contributed by atoms with Crippen LogP contribution in [0.25, 0.3) is 0 Å². The molecule has 0 spiro atoms. The molecule has 1 heterocycles. The molecule has 0 unspecified atom stereocenters. The van der Waals surface area contributed by atoms with E-state index >= 15 is 0 Å². The zero-order valence-corrected chi connectivity index (χ0v) is 10.5. The topological polar surface area (TPSA) is 51.0 Å². The minimum Gasteiger partial charge on any atom is -0.424 e. The van der Waals surface area contributed by atoms with Crippen LogP contribution in [0.3, 0.4) is 0 Å². The van der Waals surface area contributed by atoms with Crippen LogP contribution in [-0.4, -0.2) is 23.8 Å². The predicted octanol–water partition coefficient (Wildman–Crippen LogP) is 1.91. The van der Waals surface area contributed by atoms with Crippen LogP contribution in [0.4, 0.5) is 0 Å². The van der Waals surface area contributed by atoms with Gasteiger partial charge in [-0.1, -0.05) is 30.3 Å². The molecule has 2 aromatic rings. The monoisotopic (exact) mass is 243 g/mol. The van der Waals surface area contributed by atoms with Gasteiger partial charge in [0.25, 0.3) is 0 Å². The van der Waals surface area contributed by atoms with Crippen molar-refractivity contribution in [1.29, 1.82) is 0 Å². The van der Waals surface area contributed by atoms with E-state index in [2.05, 4.69) is 39.8 Å². The first-order valence-corrected chi connectivity index (χ1v) is 6.38. The Morgan fingerprint density at radius 3 is 2.67 bits per heavy atom. The van der Waals surface area contributed by atoms with Crippen molar-refractivity contribution >= 4 is 0 Å². The molecule has 0 aliphatic heterocycles. The van der Waals surface area contributed by atoms with Gasteiger partial charge >= 0.3 is 0 Å². The Bertz CT molecular complexity index is 517. The highest BCUT2D eigenvalue weighted by atomic mass is 16.4. The zero-order valence-electron chi connectivity index (χ0n) is 10.5.